The smallest absolute Gasteiger partial charge is 0.417 e. The van der Waals surface area contributed by atoms with E-state index in [-0.39, 0.29) is 5.56 Å². The molecule has 0 aliphatic heterocycles. The predicted molar refractivity (Wildman–Crippen MR) is 89.7 cm³/mol. The molecule has 0 bridgehead atoms. The van der Waals surface area contributed by atoms with Crippen molar-refractivity contribution in [3.8, 4) is 11.3 Å². The van der Waals surface area contributed by atoms with Crippen molar-refractivity contribution < 1.29 is 22.7 Å². The number of aromatic nitrogens is 1. The number of hydrogen-bond donors (Lipinski definition) is 1. The number of nitrogens with one attached hydrogen (secondary N) is 1. The van der Waals surface area contributed by atoms with Crippen molar-refractivity contribution in [2.75, 3.05) is 6.61 Å². The van der Waals surface area contributed by atoms with Gasteiger partial charge in [-0.15, -0.1) is 0 Å². The highest BCUT2D eigenvalue weighted by Crippen LogP contribution is 2.37. The lowest BCUT2D eigenvalue weighted by molar-refractivity contribution is -0.137. The Balaban J connectivity index is 0.000000650. The summed E-state index contributed by atoms with van der Waals surface area (Å²) in [6.45, 7) is 10.3. The number of aryl methyl sites for hydroxylation is 1. The highest BCUT2D eigenvalue weighted by atomic mass is 19.4. The van der Waals surface area contributed by atoms with Gasteiger partial charge in [-0.2, -0.15) is 13.2 Å². The molecular weight excluding hydrogens is 319 g/mol. The monoisotopic (exact) mass is 343 g/mol. The van der Waals surface area contributed by atoms with Crippen LogP contribution in [0.3, 0.4) is 0 Å². The zero-order valence-corrected chi connectivity index (χ0v) is 14.6. The van der Waals surface area contributed by atoms with Crippen LogP contribution >= 0.6 is 0 Å². The molecule has 0 fully saturated rings. The SMILES string of the molecule is CC.CCOC=O.Cc1c[nH]c(-c2ccccc2C(F)(F)F)c1C. The number of carbonyl (C=O) groups is 1. The summed E-state index contributed by atoms with van der Waals surface area (Å²) in [5, 5.41) is 0. The number of aromatic amines is 1. The minimum absolute atomic E-state index is 0.200. The average Bonchev–Trinajstić information content (AvgIpc) is 2.89. The Hall–Kier alpha value is -2.24. The summed E-state index contributed by atoms with van der Waals surface area (Å²) >= 11 is 0. The van der Waals surface area contributed by atoms with Crippen LogP contribution < -0.4 is 0 Å². The van der Waals surface area contributed by atoms with Gasteiger partial charge in [0.15, 0.2) is 0 Å². The summed E-state index contributed by atoms with van der Waals surface area (Å²) in [4.78, 5) is 12.1. The van der Waals surface area contributed by atoms with E-state index in [2.05, 4.69) is 9.72 Å². The Morgan fingerprint density at radius 1 is 1.17 bits per heavy atom. The molecule has 2 aromatic rings. The Labute approximate surface area is 140 Å². The molecule has 0 unspecified atom stereocenters. The summed E-state index contributed by atoms with van der Waals surface area (Å²) in [7, 11) is 0. The van der Waals surface area contributed by atoms with Crippen LogP contribution in [0.4, 0.5) is 13.2 Å². The van der Waals surface area contributed by atoms with E-state index in [0.29, 0.717) is 18.8 Å². The molecule has 1 heterocycles. The van der Waals surface area contributed by atoms with Gasteiger partial charge in [-0.3, -0.25) is 4.79 Å². The van der Waals surface area contributed by atoms with Crippen molar-refractivity contribution in [1.29, 1.82) is 0 Å². The van der Waals surface area contributed by atoms with Crippen LogP contribution in [0, 0.1) is 13.8 Å². The molecule has 0 aliphatic carbocycles. The summed E-state index contributed by atoms with van der Waals surface area (Å²) in [5.74, 6) is 0. The molecule has 2 rings (SSSR count). The highest BCUT2D eigenvalue weighted by molar-refractivity contribution is 5.69. The van der Waals surface area contributed by atoms with E-state index in [0.717, 1.165) is 17.2 Å². The second-order valence-corrected chi connectivity index (χ2v) is 4.57. The van der Waals surface area contributed by atoms with Gasteiger partial charge in [-0.05, 0) is 38.0 Å². The van der Waals surface area contributed by atoms with Gasteiger partial charge in [0, 0.05) is 17.5 Å². The van der Waals surface area contributed by atoms with Crippen LogP contribution in [0.2, 0.25) is 0 Å². The maximum absolute atomic E-state index is 12.9. The molecule has 1 N–H and O–H groups in total. The lowest BCUT2D eigenvalue weighted by Crippen LogP contribution is -2.07. The van der Waals surface area contributed by atoms with E-state index < -0.39 is 11.7 Å². The molecule has 6 heteroatoms. The van der Waals surface area contributed by atoms with Crippen molar-refractivity contribution in [3.05, 3.63) is 47.2 Å². The summed E-state index contributed by atoms with van der Waals surface area (Å²) in [5.41, 5.74) is 1.93. The number of rotatable bonds is 3. The highest BCUT2D eigenvalue weighted by Gasteiger charge is 2.33. The number of ether oxygens (including phenoxy) is 1. The molecule has 24 heavy (non-hydrogen) atoms. The van der Waals surface area contributed by atoms with Crippen molar-refractivity contribution in [2.24, 2.45) is 0 Å². The van der Waals surface area contributed by atoms with E-state index in [1.165, 1.54) is 12.1 Å². The number of halogens is 3. The van der Waals surface area contributed by atoms with Gasteiger partial charge in [0.25, 0.3) is 6.47 Å². The molecule has 0 radical (unpaired) electrons. The standard InChI is InChI=1S/C13H12F3N.C3H6O2.C2H6/c1-8-7-17-12(9(8)2)10-5-3-4-6-11(10)13(14,15)16;1-2-5-3-4;1-2/h3-7,17H,1-2H3;3H,2H2,1H3;1-2H3. The zero-order valence-electron chi connectivity index (χ0n) is 14.6. The number of hydrogen-bond acceptors (Lipinski definition) is 2. The van der Waals surface area contributed by atoms with Crippen molar-refractivity contribution in [3.63, 3.8) is 0 Å². The predicted octanol–water partition coefficient (Wildman–Crippen LogP) is 5.52. The fraction of sp³-hybridized carbons (Fsp3) is 0.389. The van der Waals surface area contributed by atoms with Crippen LogP contribution in [0.15, 0.2) is 30.5 Å². The first-order valence-electron chi connectivity index (χ1n) is 7.69. The molecule has 134 valence electrons. The Morgan fingerprint density at radius 3 is 2.12 bits per heavy atom. The van der Waals surface area contributed by atoms with E-state index in [1.54, 1.807) is 19.2 Å². The van der Waals surface area contributed by atoms with Gasteiger partial charge in [-0.25, -0.2) is 0 Å². The van der Waals surface area contributed by atoms with Crippen LogP contribution in [-0.4, -0.2) is 18.1 Å². The van der Waals surface area contributed by atoms with Gasteiger partial charge < -0.3 is 9.72 Å². The first-order chi connectivity index (χ1) is 11.3. The largest absolute Gasteiger partial charge is 0.468 e. The molecule has 0 amide bonds. The van der Waals surface area contributed by atoms with Crippen LogP contribution in [-0.2, 0) is 15.7 Å². The molecule has 0 saturated carbocycles. The summed E-state index contributed by atoms with van der Waals surface area (Å²) in [6, 6.07) is 5.60. The first kappa shape index (κ1) is 21.8. The van der Waals surface area contributed by atoms with Crippen LogP contribution in [0.1, 0.15) is 37.5 Å². The summed E-state index contributed by atoms with van der Waals surface area (Å²) in [6.07, 6.45) is -2.61. The molecule has 0 atom stereocenters. The Morgan fingerprint density at radius 2 is 1.75 bits per heavy atom. The molecule has 0 aliphatic rings. The second kappa shape index (κ2) is 10.5. The molecular formula is C18H24F3NO2. The molecule has 1 aromatic heterocycles. The minimum atomic E-state index is -4.33. The van der Waals surface area contributed by atoms with E-state index in [4.69, 9.17) is 0 Å². The van der Waals surface area contributed by atoms with Crippen molar-refractivity contribution in [2.45, 2.75) is 40.8 Å². The summed E-state index contributed by atoms with van der Waals surface area (Å²) < 4.78 is 42.7. The third-order valence-electron chi connectivity index (χ3n) is 3.14. The maximum Gasteiger partial charge on any atom is 0.417 e. The van der Waals surface area contributed by atoms with Crippen molar-refractivity contribution >= 4 is 6.47 Å². The molecule has 3 nitrogen and oxygen atoms in total. The quantitative estimate of drug-likeness (QED) is 0.745. The van der Waals surface area contributed by atoms with Gasteiger partial charge in [-0.1, -0.05) is 32.0 Å². The van der Waals surface area contributed by atoms with Crippen LogP contribution in [0.5, 0.6) is 0 Å². The third kappa shape index (κ3) is 6.10. The Kier molecular flexibility index (Phi) is 9.54. The fourth-order valence-corrected chi connectivity index (χ4v) is 1.89. The number of H-pyrrole nitrogens is 1. The zero-order chi connectivity index (χ0) is 18.8. The molecule has 0 spiro atoms. The molecule has 0 saturated heterocycles. The second-order valence-electron chi connectivity index (χ2n) is 4.57. The fourth-order valence-electron chi connectivity index (χ4n) is 1.89. The lowest BCUT2D eigenvalue weighted by Gasteiger charge is -2.12. The normalized spacial score (nSPS) is 10.0. The Bertz CT molecular complexity index is 619. The van der Waals surface area contributed by atoms with Gasteiger partial charge in [0.1, 0.15) is 0 Å². The lowest BCUT2D eigenvalue weighted by atomic mass is 10.0. The number of benzene rings is 1. The average molecular weight is 343 g/mol. The van der Waals surface area contributed by atoms with Crippen molar-refractivity contribution in [1.82, 2.24) is 4.98 Å². The van der Waals surface area contributed by atoms with Crippen LogP contribution in [0.25, 0.3) is 11.3 Å². The van der Waals surface area contributed by atoms with Gasteiger partial charge in [0.05, 0.1) is 12.2 Å². The third-order valence-corrected chi connectivity index (χ3v) is 3.14. The van der Waals surface area contributed by atoms with E-state index in [9.17, 15) is 18.0 Å². The number of carbonyl (C=O) groups excluding carboxylic acids is 1. The van der Waals surface area contributed by atoms with E-state index >= 15 is 0 Å². The molecule has 1 aromatic carbocycles. The van der Waals surface area contributed by atoms with E-state index in [1.807, 2.05) is 27.7 Å². The topological polar surface area (TPSA) is 42.1 Å². The number of alkyl halides is 3. The van der Waals surface area contributed by atoms with Gasteiger partial charge >= 0.3 is 6.18 Å². The minimum Gasteiger partial charge on any atom is -0.468 e. The van der Waals surface area contributed by atoms with Gasteiger partial charge in [0.2, 0.25) is 0 Å². The maximum atomic E-state index is 12.9. The first-order valence-corrected chi connectivity index (χ1v) is 7.69.